The zero-order valence-electron chi connectivity index (χ0n) is 20.3. The molecule has 2 amide bonds. The summed E-state index contributed by atoms with van der Waals surface area (Å²) in [7, 11) is 0. The summed E-state index contributed by atoms with van der Waals surface area (Å²) in [5.41, 5.74) is 3.25. The number of hydrogen-bond donors (Lipinski definition) is 1. The minimum atomic E-state index is -0.257. The highest BCUT2D eigenvalue weighted by molar-refractivity contribution is 8.04. The van der Waals surface area contributed by atoms with Gasteiger partial charge >= 0.3 is 0 Å². The van der Waals surface area contributed by atoms with E-state index in [0.29, 0.717) is 35.7 Å². The summed E-state index contributed by atoms with van der Waals surface area (Å²) >= 11 is 1.58. The molecule has 2 aromatic carbocycles. The van der Waals surface area contributed by atoms with E-state index in [1.165, 1.54) is 18.1 Å². The van der Waals surface area contributed by atoms with Crippen molar-refractivity contribution >= 4 is 23.6 Å². The van der Waals surface area contributed by atoms with Gasteiger partial charge in [-0.2, -0.15) is 0 Å². The standard InChI is InChI=1S/C28H32N2O4S/c1-18-7-9-20(10-8-18)17-30-22-5-3-4-6-25(22)35-26(28(30)32)16-27(31)29-19(2)21-11-12-23-24(15-21)34-14-13-33-23/h7-12,15-16,19,22,25H,3-6,13-14,17H2,1-2H3,(H,29,31)/b26-16-. The molecular weight excluding hydrogens is 460 g/mol. The number of amides is 2. The molecule has 2 aromatic rings. The number of rotatable bonds is 5. The zero-order valence-corrected chi connectivity index (χ0v) is 21.1. The van der Waals surface area contributed by atoms with E-state index in [2.05, 4.69) is 36.5 Å². The van der Waals surface area contributed by atoms with Crippen LogP contribution in [0.3, 0.4) is 0 Å². The Balaban J connectivity index is 1.31. The molecule has 3 atom stereocenters. The van der Waals surface area contributed by atoms with Crippen molar-refractivity contribution in [1.82, 2.24) is 10.2 Å². The average Bonchev–Trinajstić information content (AvgIpc) is 2.87. The number of fused-ring (bicyclic) bond motifs is 2. The first kappa shape index (κ1) is 23.8. The van der Waals surface area contributed by atoms with E-state index in [1.807, 2.05) is 30.0 Å². The highest BCUT2D eigenvalue weighted by Crippen LogP contribution is 2.42. The van der Waals surface area contributed by atoms with Crippen molar-refractivity contribution in [3.8, 4) is 11.5 Å². The molecule has 184 valence electrons. The lowest BCUT2D eigenvalue weighted by molar-refractivity contribution is -0.130. The van der Waals surface area contributed by atoms with E-state index >= 15 is 0 Å². The quantitative estimate of drug-likeness (QED) is 0.601. The Bertz CT molecular complexity index is 1130. The van der Waals surface area contributed by atoms with Crippen LogP contribution in [0.1, 0.15) is 55.3 Å². The van der Waals surface area contributed by atoms with Gasteiger partial charge in [0, 0.05) is 23.9 Å². The summed E-state index contributed by atoms with van der Waals surface area (Å²) in [5.74, 6) is 1.12. The lowest BCUT2D eigenvalue weighted by atomic mass is 9.92. The number of benzene rings is 2. The number of hydrogen-bond acceptors (Lipinski definition) is 5. The van der Waals surface area contributed by atoms with Crippen LogP contribution in [-0.4, -0.2) is 41.2 Å². The molecule has 35 heavy (non-hydrogen) atoms. The smallest absolute Gasteiger partial charge is 0.261 e. The van der Waals surface area contributed by atoms with Gasteiger partial charge in [-0.1, -0.05) is 48.7 Å². The molecule has 2 heterocycles. The van der Waals surface area contributed by atoms with Crippen LogP contribution in [0.5, 0.6) is 11.5 Å². The number of carbonyl (C=O) groups excluding carboxylic acids is 2. The molecule has 0 aromatic heterocycles. The van der Waals surface area contributed by atoms with Gasteiger partial charge in [0.15, 0.2) is 11.5 Å². The molecule has 1 saturated heterocycles. The molecule has 2 fully saturated rings. The van der Waals surface area contributed by atoms with Crippen molar-refractivity contribution < 1.29 is 19.1 Å². The molecule has 1 N–H and O–H groups in total. The summed E-state index contributed by atoms with van der Waals surface area (Å²) < 4.78 is 11.3. The lowest BCUT2D eigenvalue weighted by Gasteiger charge is -2.44. The molecule has 0 bridgehead atoms. The van der Waals surface area contributed by atoms with Gasteiger partial charge in [0.2, 0.25) is 5.91 Å². The van der Waals surface area contributed by atoms with Crippen LogP contribution >= 0.6 is 11.8 Å². The van der Waals surface area contributed by atoms with E-state index in [4.69, 9.17) is 9.47 Å². The molecule has 2 aliphatic heterocycles. The summed E-state index contributed by atoms with van der Waals surface area (Å²) in [6.07, 6.45) is 5.90. The Morgan fingerprint density at radius 2 is 1.86 bits per heavy atom. The minimum Gasteiger partial charge on any atom is -0.486 e. The van der Waals surface area contributed by atoms with Crippen molar-refractivity contribution in [1.29, 1.82) is 0 Å². The van der Waals surface area contributed by atoms with Crippen LogP contribution in [0, 0.1) is 6.92 Å². The first-order chi connectivity index (χ1) is 17.0. The van der Waals surface area contributed by atoms with E-state index in [1.54, 1.807) is 11.8 Å². The molecule has 3 aliphatic rings. The zero-order chi connectivity index (χ0) is 24.4. The molecule has 3 unspecified atom stereocenters. The van der Waals surface area contributed by atoms with Gasteiger partial charge in [-0.3, -0.25) is 9.59 Å². The summed E-state index contributed by atoms with van der Waals surface area (Å²) in [6.45, 7) is 5.63. The Morgan fingerprint density at radius 1 is 1.11 bits per heavy atom. The SMILES string of the molecule is Cc1ccc(CN2C(=O)/C(=C/C(=O)NC(C)c3ccc4c(c3)OCCO4)SC3CCCCC32)cc1. The number of aryl methyl sites for hydroxylation is 1. The van der Waals surface area contributed by atoms with E-state index in [9.17, 15) is 9.59 Å². The summed E-state index contributed by atoms with van der Waals surface area (Å²) in [5, 5.41) is 3.35. The van der Waals surface area contributed by atoms with Crippen molar-refractivity contribution in [2.24, 2.45) is 0 Å². The molecule has 5 rings (SSSR count). The number of nitrogens with zero attached hydrogens (tertiary/aromatic N) is 1. The molecule has 1 aliphatic carbocycles. The van der Waals surface area contributed by atoms with Crippen LogP contribution in [0.15, 0.2) is 53.4 Å². The normalized spacial score (nSPS) is 23.5. The van der Waals surface area contributed by atoms with Crippen LogP contribution in [0.2, 0.25) is 0 Å². The van der Waals surface area contributed by atoms with E-state index in [0.717, 1.165) is 36.1 Å². The fraction of sp³-hybridized carbons (Fsp3) is 0.429. The lowest BCUT2D eigenvalue weighted by Crippen LogP contribution is -2.51. The predicted octanol–water partition coefficient (Wildman–Crippen LogP) is 4.91. The Morgan fingerprint density at radius 3 is 2.66 bits per heavy atom. The van der Waals surface area contributed by atoms with Gasteiger partial charge in [-0.15, -0.1) is 11.8 Å². The van der Waals surface area contributed by atoms with Crippen LogP contribution in [0.25, 0.3) is 0 Å². The maximum absolute atomic E-state index is 13.5. The maximum Gasteiger partial charge on any atom is 0.261 e. The minimum absolute atomic E-state index is 0.0409. The Labute approximate surface area is 211 Å². The van der Waals surface area contributed by atoms with Gasteiger partial charge < -0.3 is 19.7 Å². The van der Waals surface area contributed by atoms with Crippen LogP contribution in [0.4, 0.5) is 0 Å². The van der Waals surface area contributed by atoms with Gasteiger partial charge in [0.25, 0.3) is 5.91 Å². The Kier molecular flexibility index (Phi) is 7.04. The van der Waals surface area contributed by atoms with E-state index in [-0.39, 0.29) is 23.9 Å². The van der Waals surface area contributed by atoms with Crippen molar-refractivity contribution in [2.75, 3.05) is 13.2 Å². The first-order valence-corrected chi connectivity index (χ1v) is 13.3. The first-order valence-electron chi connectivity index (χ1n) is 12.4. The fourth-order valence-electron chi connectivity index (χ4n) is 5.04. The molecule has 1 saturated carbocycles. The fourth-order valence-corrected chi connectivity index (χ4v) is 6.48. The third-order valence-corrected chi connectivity index (χ3v) is 8.38. The molecule has 6 nitrogen and oxygen atoms in total. The number of thioether (sulfide) groups is 1. The third-order valence-electron chi connectivity index (χ3n) is 6.98. The summed E-state index contributed by atoms with van der Waals surface area (Å²) in [6, 6.07) is 14.0. The predicted molar refractivity (Wildman–Crippen MR) is 137 cm³/mol. The van der Waals surface area contributed by atoms with Crippen LogP contribution in [-0.2, 0) is 16.1 Å². The molecule has 7 heteroatoms. The van der Waals surface area contributed by atoms with Gasteiger partial charge in [0.1, 0.15) is 13.2 Å². The third kappa shape index (κ3) is 5.35. The maximum atomic E-state index is 13.5. The summed E-state index contributed by atoms with van der Waals surface area (Å²) in [4.78, 5) is 29.0. The Hall–Kier alpha value is -2.93. The molecule has 0 spiro atoms. The highest BCUT2D eigenvalue weighted by Gasteiger charge is 2.40. The molecular formula is C28H32N2O4S. The van der Waals surface area contributed by atoms with Crippen molar-refractivity contribution in [3.63, 3.8) is 0 Å². The van der Waals surface area contributed by atoms with Crippen molar-refractivity contribution in [3.05, 3.63) is 70.1 Å². The van der Waals surface area contributed by atoms with Crippen LogP contribution < -0.4 is 14.8 Å². The number of carbonyl (C=O) groups is 2. The van der Waals surface area contributed by atoms with E-state index < -0.39 is 0 Å². The van der Waals surface area contributed by atoms with Crippen molar-refractivity contribution in [2.45, 2.75) is 63.4 Å². The average molecular weight is 493 g/mol. The van der Waals surface area contributed by atoms with Gasteiger partial charge in [0.05, 0.1) is 10.9 Å². The van der Waals surface area contributed by atoms with Gasteiger partial charge in [-0.25, -0.2) is 0 Å². The number of nitrogens with one attached hydrogen (secondary N) is 1. The second-order valence-corrected chi connectivity index (χ2v) is 10.8. The topological polar surface area (TPSA) is 67.9 Å². The highest BCUT2D eigenvalue weighted by atomic mass is 32.2. The molecule has 0 radical (unpaired) electrons. The largest absolute Gasteiger partial charge is 0.486 e. The second kappa shape index (κ2) is 10.4. The van der Waals surface area contributed by atoms with Gasteiger partial charge in [-0.05, 0) is 49.9 Å². The number of ether oxygens (including phenoxy) is 2. The second-order valence-electron chi connectivity index (χ2n) is 9.57. The monoisotopic (exact) mass is 492 g/mol.